The molecule has 3 nitrogen and oxygen atoms in total. The molecule has 0 unspecified atom stereocenters. The van der Waals surface area contributed by atoms with E-state index in [0.29, 0.717) is 12.1 Å². The predicted octanol–water partition coefficient (Wildman–Crippen LogP) is 2.89. The topological polar surface area (TPSA) is 23.6 Å². The molecule has 2 aliphatic heterocycles. The molecule has 20 heavy (non-hydrogen) atoms. The maximum atomic E-state index is 13.4. The predicted molar refractivity (Wildman–Crippen MR) is 70.5 cm³/mol. The van der Waals surface area contributed by atoms with Crippen LogP contribution in [0.5, 0.6) is 0 Å². The zero-order valence-corrected chi connectivity index (χ0v) is 11.7. The molecule has 5 heteroatoms. The van der Waals surface area contributed by atoms with Gasteiger partial charge in [-0.05, 0) is 37.5 Å². The van der Waals surface area contributed by atoms with E-state index in [2.05, 4.69) is 0 Å². The lowest BCUT2D eigenvalue weighted by Crippen LogP contribution is -2.36. The third-order valence-electron chi connectivity index (χ3n) is 4.63. The number of hydrazine groups is 1. The van der Waals surface area contributed by atoms with Crippen molar-refractivity contribution in [3.8, 4) is 0 Å². The fourth-order valence-corrected chi connectivity index (χ4v) is 3.16. The Labute approximate surface area is 117 Å². The SMILES string of the molecule is CC[C@@]1(C)CN2CC[C@H](c3ccc(F)c(F)c3)N2C1=O. The van der Waals surface area contributed by atoms with Crippen molar-refractivity contribution in [3.05, 3.63) is 35.4 Å². The van der Waals surface area contributed by atoms with E-state index in [1.54, 1.807) is 11.1 Å². The number of amides is 1. The van der Waals surface area contributed by atoms with Crippen molar-refractivity contribution < 1.29 is 13.6 Å². The Hall–Kier alpha value is -1.49. The minimum atomic E-state index is -0.856. The molecule has 0 N–H and O–H groups in total. The second-order valence-electron chi connectivity index (χ2n) is 5.93. The number of nitrogens with zero attached hydrogens (tertiary/aromatic N) is 2. The first-order valence-electron chi connectivity index (χ1n) is 7.00. The molecule has 1 amide bonds. The summed E-state index contributed by atoms with van der Waals surface area (Å²) < 4.78 is 26.4. The van der Waals surface area contributed by atoms with Crippen LogP contribution in [0, 0.1) is 17.0 Å². The normalized spacial score (nSPS) is 30.1. The smallest absolute Gasteiger partial charge is 0.244 e. The molecule has 1 aromatic carbocycles. The largest absolute Gasteiger partial charge is 0.273 e. The van der Waals surface area contributed by atoms with E-state index < -0.39 is 11.6 Å². The summed E-state index contributed by atoms with van der Waals surface area (Å²) in [5.41, 5.74) is 0.303. The maximum Gasteiger partial charge on any atom is 0.244 e. The molecule has 0 bridgehead atoms. The summed E-state index contributed by atoms with van der Waals surface area (Å²) in [6.07, 6.45) is 1.54. The van der Waals surface area contributed by atoms with E-state index in [-0.39, 0.29) is 17.4 Å². The number of carbonyl (C=O) groups excluding carboxylic acids is 1. The van der Waals surface area contributed by atoms with Crippen LogP contribution in [0.25, 0.3) is 0 Å². The Balaban J connectivity index is 1.93. The summed E-state index contributed by atoms with van der Waals surface area (Å²) in [5.74, 6) is -1.62. The number of hydrogen-bond acceptors (Lipinski definition) is 2. The number of carbonyl (C=O) groups is 1. The molecule has 2 saturated heterocycles. The van der Waals surface area contributed by atoms with Gasteiger partial charge in [0.2, 0.25) is 5.91 Å². The van der Waals surface area contributed by atoms with Gasteiger partial charge in [0, 0.05) is 13.1 Å². The van der Waals surface area contributed by atoms with Gasteiger partial charge in [0.05, 0.1) is 11.5 Å². The van der Waals surface area contributed by atoms with E-state index >= 15 is 0 Å². The molecule has 0 aromatic heterocycles. The van der Waals surface area contributed by atoms with E-state index in [4.69, 9.17) is 0 Å². The molecule has 1 aromatic rings. The zero-order valence-electron chi connectivity index (χ0n) is 11.7. The summed E-state index contributed by atoms with van der Waals surface area (Å²) in [7, 11) is 0. The van der Waals surface area contributed by atoms with Gasteiger partial charge in [-0.2, -0.15) is 0 Å². The first kappa shape index (κ1) is 13.5. The number of rotatable bonds is 2. The van der Waals surface area contributed by atoms with Crippen LogP contribution >= 0.6 is 0 Å². The zero-order chi connectivity index (χ0) is 14.5. The molecule has 2 fully saturated rings. The van der Waals surface area contributed by atoms with Crippen LogP contribution in [-0.2, 0) is 4.79 Å². The molecule has 2 atom stereocenters. The van der Waals surface area contributed by atoms with Crippen LogP contribution in [-0.4, -0.2) is 29.0 Å². The Morgan fingerprint density at radius 3 is 2.75 bits per heavy atom. The number of hydrogen-bond donors (Lipinski definition) is 0. The highest BCUT2D eigenvalue weighted by Crippen LogP contribution is 2.43. The summed E-state index contributed by atoms with van der Waals surface area (Å²) >= 11 is 0. The lowest BCUT2D eigenvalue weighted by molar-refractivity contribution is -0.142. The monoisotopic (exact) mass is 280 g/mol. The Morgan fingerprint density at radius 1 is 1.35 bits per heavy atom. The van der Waals surface area contributed by atoms with Crippen LogP contribution in [0.1, 0.15) is 38.3 Å². The van der Waals surface area contributed by atoms with Gasteiger partial charge in [0.1, 0.15) is 0 Å². The summed E-state index contributed by atoms with van der Waals surface area (Å²) in [6, 6.07) is 3.73. The minimum absolute atomic E-state index is 0.0900. The molecular formula is C15H18F2N2O. The average molecular weight is 280 g/mol. The summed E-state index contributed by atoms with van der Waals surface area (Å²) in [4.78, 5) is 12.6. The highest BCUT2D eigenvalue weighted by atomic mass is 19.2. The van der Waals surface area contributed by atoms with Gasteiger partial charge in [-0.3, -0.25) is 9.80 Å². The van der Waals surface area contributed by atoms with Gasteiger partial charge < -0.3 is 0 Å². The average Bonchev–Trinajstić information content (AvgIpc) is 2.93. The molecule has 2 heterocycles. The summed E-state index contributed by atoms with van der Waals surface area (Å²) in [5, 5.41) is 3.79. The van der Waals surface area contributed by atoms with Gasteiger partial charge in [-0.25, -0.2) is 13.8 Å². The molecule has 3 rings (SSSR count). The lowest BCUT2D eigenvalue weighted by atomic mass is 9.87. The third-order valence-corrected chi connectivity index (χ3v) is 4.63. The van der Waals surface area contributed by atoms with Gasteiger partial charge in [0.25, 0.3) is 0 Å². The van der Waals surface area contributed by atoms with E-state index in [1.807, 2.05) is 18.9 Å². The molecule has 0 saturated carbocycles. The van der Waals surface area contributed by atoms with Gasteiger partial charge >= 0.3 is 0 Å². The van der Waals surface area contributed by atoms with Crippen LogP contribution in [0.2, 0.25) is 0 Å². The molecule has 0 spiro atoms. The van der Waals surface area contributed by atoms with Crippen LogP contribution in [0.4, 0.5) is 8.78 Å². The molecule has 108 valence electrons. The molecule has 0 radical (unpaired) electrons. The van der Waals surface area contributed by atoms with Crippen molar-refractivity contribution in [2.45, 2.75) is 32.7 Å². The van der Waals surface area contributed by atoms with Crippen molar-refractivity contribution in [2.24, 2.45) is 5.41 Å². The third kappa shape index (κ3) is 1.84. The minimum Gasteiger partial charge on any atom is -0.273 e. The van der Waals surface area contributed by atoms with E-state index in [1.165, 1.54) is 6.07 Å². The second-order valence-corrected chi connectivity index (χ2v) is 5.93. The molecule has 2 aliphatic rings. The number of halogens is 2. The molecule has 0 aliphatic carbocycles. The second kappa shape index (κ2) is 4.52. The fourth-order valence-electron chi connectivity index (χ4n) is 3.16. The fraction of sp³-hybridized carbons (Fsp3) is 0.533. The van der Waals surface area contributed by atoms with Crippen LogP contribution in [0.15, 0.2) is 18.2 Å². The standard InChI is InChI=1S/C15H18F2N2O/c1-3-15(2)9-18-7-6-13(19(18)14(15)20)10-4-5-11(16)12(17)8-10/h4-5,8,13H,3,6-7,9H2,1-2H3/t13-,15+/m1/s1. The number of fused-ring (bicyclic) bond motifs is 1. The lowest BCUT2D eigenvalue weighted by Gasteiger charge is -2.26. The Morgan fingerprint density at radius 2 is 2.10 bits per heavy atom. The van der Waals surface area contributed by atoms with E-state index in [0.717, 1.165) is 25.5 Å². The highest BCUT2D eigenvalue weighted by Gasteiger charge is 2.51. The first-order valence-corrected chi connectivity index (χ1v) is 7.00. The maximum absolute atomic E-state index is 13.4. The van der Waals surface area contributed by atoms with Crippen LogP contribution < -0.4 is 0 Å². The Bertz CT molecular complexity index is 563. The van der Waals surface area contributed by atoms with Crippen LogP contribution in [0.3, 0.4) is 0 Å². The summed E-state index contributed by atoms with van der Waals surface area (Å²) in [6.45, 7) is 5.47. The van der Waals surface area contributed by atoms with Crippen molar-refractivity contribution in [3.63, 3.8) is 0 Å². The van der Waals surface area contributed by atoms with Gasteiger partial charge in [-0.15, -0.1) is 0 Å². The number of benzene rings is 1. The van der Waals surface area contributed by atoms with Gasteiger partial charge in [-0.1, -0.05) is 13.0 Å². The Kier molecular flexibility index (Phi) is 3.05. The van der Waals surface area contributed by atoms with Crippen molar-refractivity contribution in [2.75, 3.05) is 13.1 Å². The van der Waals surface area contributed by atoms with Crippen molar-refractivity contribution in [1.29, 1.82) is 0 Å². The molecular weight excluding hydrogens is 262 g/mol. The highest BCUT2D eigenvalue weighted by molar-refractivity contribution is 5.84. The van der Waals surface area contributed by atoms with Crippen molar-refractivity contribution >= 4 is 5.91 Å². The quantitative estimate of drug-likeness (QED) is 0.831. The van der Waals surface area contributed by atoms with Gasteiger partial charge in [0.15, 0.2) is 11.6 Å². The van der Waals surface area contributed by atoms with E-state index in [9.17, 15) is 13.6 Å². The van der Waals surface area contributed by atoms with Crippen molar-refractivity contribution in [1.82, 2.24) is 10.0 Å². The first-order chi connectivity index (χ1) is 9.46.